The topological polar surface area (TPSA) is 37.3 Å². The summed E-state index contributed by atoms with van der Waals surface area (Å²) < 4.78 is 51.9. The van der Waals surface area contributed by atoms with Crippen molar-refractivity contribution in [3.8, 4) is 0 Å². The lowest BCUT2D eigenvalue weighted by molar-refractivity contribution is -0.140. The first-order valence-corrected chi connectivity index (χ1v) is 6.74. The lowest BCUT2D eigenvalue weighted by atomic mass is 10.1. The maximum absolute atomic E-state index is 13.8. The zero-order valence-electron chi connectivity index (χ0n) is 11.1. The van der Waals surface area contributed by atoms with Crippen molar-refractivity contribution in [3.05, 3.63) is 45.7 Å². The molecule has 0 aliphatic carbocycles. The predicted molar refractivity (Wildman–Crippen MR) is 74.2 cm³/mol. The number of aryl methyl sites for hydroxylation is 2. The molecule has 0 atom stereocenters. The minimum absolute atomic E-state index is 0.233. The van der Waals surface area contributed by atoms with Gasteiger partial charge in [0.1, 0.15) is 5.82 Å². The second-order valence-electron chi connectivity index (χ2n) is 4.38. The van der Waals surface area contributed by atoms with Crippen LogP contribution in [0.5, 0.6) is 0 Å². The number of nitrogens with zero attached hydrogens (tertiary/aromatic N) is 2. The van der Waals surface area contributed by atoms with Gasteiger partial charge in [0.2, 0.25) is 5.13 Å². The zero-order valence-corrected chi connectivity index (χ0v) is 11.9. The SMILES string of the molecule is Cc1cc(C=NNc2nc(C)cs2)c(F)c(C(F)(F)F)c1. The maximum atomic E-state index is 13.8. The third kappa shape index (κ3) is 3.78. The summed E-state index contributed by atoms with van der Waals surface area (Å²) >= 11 is 1.29. The van der Waals surface area contributed by atoms with Gasteiger partial charge in [0, 0.05) is 10.9 Å². The normalized spacial score (nSPS) is 12.1. The molecule has 8 heteroatoms. The van der Waals surface area contributed by atoms with E-state index < -0.39 is 17.6 Å². The number of aromatic nitrogens is 1. The van der Waals surface area contributed by atoms with Gasteiger partial charge in [0.25, 0.3) is 0 Å². The molecule has 2 rings (SSSR count). The van der Waals surface area contributed by atoms with E-state index in [1.54, 1.807) is 12.3 Å². The molecule has 0 unspecified atom stereocenters. The summed E-state index contributed by atoms with van der Waals surface area (Å²) in [6, 6.07) is 2.06. The molecule has 3 nitrogen and oxygen atoms in total. The number of thiazole rings is 1. The van der Waals surface area contributed by atoms with E-state index in [0.717, 1.165) is 18.0 Å². The lowest BCUT2D eigenvalue weighted by Gasteiger charge is -2.10. The number of halogens is 4. The Kier molecular flexibility index (Phi) is 4.26. The van der Waals surface area contributed by atoms with E-state index in [-0.39, 0.29) is 5.56 Å². The molecule has 1 aromatic heterocycles. The van der Waals surface area contributed by atoms with Crippen LogP contribution in [0.15, 0.2) is 22.6 Å². The Balaban J connectivity index is 2.25. The zero-order chi connectivity index (χ0) is 15.6. The highest BCUT2D eigenvalue weighted by molar-refractivity contribution is 7.13. The van der Waals surface area contributed by atoms with Crippen LogP contribution in [0, 0.1) is 19.7 Å². The average Bonchev–Trinajstić information content (AvgIpc) is 2.77. The van der Waals surface area contributed by atoms with Gasteiger partial charge in [-0.3, -0.25) is 5.43 Å². The van der Waals surface area contributed by atoms with E-state index in [1.165, 1.54) is 24.3 Å². The van der Waals surface area contributed by atoms with Crippen LogP contribution in [-0.4, -0.2) is 11.2 Å². The number of alkyl halides is 3. The van der Waals surface area contributed by atoms with Crippen LogP contribution in [0.1, 0.15) is 22.4 Å². The fraction of sp³-hybridized carbons (Fsp3) is 0.231. The van der Waals surface area contributed by atoms with Crippen LogP contribution in [0.25, 0.3) is 0 Å². The highest BCUT2D eigenvalue weighted by atomic mass is 32.1. The van der Waals surface area contributed by atoms with E-state index in [2.05, 4.69) is 15.5 Å². The molecule has 0 fully saturated rings. The van der Waals surface area contributed by atoms with Gasteiger partial charge >= 0.3 is 6.18 Å². The first kappa shape index (κ1) is 15.4. The molecule has 1 aromatic carbocycles. The van der Waals surface area contributed by atoms with Gasteiger partial charge in [0.05, 0.1) is 17.5 Å². The number of nitrogens with one attached hydrogen (secondary N) is 1. The third-order valence-electron chi connectivity index (χ3n) is 2.53. The van der Waals surface area contributed by atoms with Crippen LogP contribution in [0.3, 0.4) is 0 Å². The number of rotatable bonds is 3. The summed E-state index contributed by atoms with van der Waals surface area (Å²) in [7, 11) is 0. The first-order chi connectivity index (χ1) is 9.77. The molecule has 1 N–H and O–H groups in total. The van der Waals surface area contributed by atoms with Crippen LogP contribution < -0.4 is 5.43 Å². The highest BCUT2D eigenvalue weighted by Gasteiger charge is 2.35. The van der Waals surface area contributed by atoms with Crippen molar-refractivity contribution < 1.29 is 17.6 Å². The molecule has 1 heterocycles. The summed E-state index contributed by atoms with van der Waals surface area (Å²) in [6.07, 6.45) is -3.73. The molecule has 0 spiro atoms. The van der Waals surface area contributed by atoms with Crippen molar-refractivity contribution >= 4 is 22.7 Å². The van der Waals surface area contributed by atoms with Crippen LogP contribution >= 0.6 is 11.3 Å². The van der Waals surface area contributed by atoms with Crippen molar-refractivity contribution in [2.24, 2.45) is 5.10 Å². The molecule has 21 heavy (non-hydrogen) atoms. The minimum atomic E-state index is -4.74. The quantitative estimate of drug-likeness (QED) is 0.519. The van der Waals surface area contributed by atoms with E-state index in [1.807, 2.05) is 0 Å². The summed E-state index contributed by atoms with van der Waals surface area (Å²) in [5.74, 6) is -1.34. The van der Waals surface area contributed by atoms with E-state index in [9.17, 15) is 17.6 Å². The Hall–Kier alpha value is -1.96. The Morgan fingerprint density at radius 2 is 2.00 bits per heavy atom. The molecule has 0 saturated heterocycles. The van der Waals surface area contributed by atoms with Gasteiger partial charge in [0.15, 0.2) is 0 Å². The standard InChI is InChI=1S/C13H11F4N3S/c1-7-3-9(11(14)10(4-7)13(15,16)17)5-18-20-12-19-8(2)6-21-12/h3-6H,1-2H3,(H,19,20). The predicted octanol–water partition coefficient (Wildman–Crippen LogP) is 4.36. The monoisotopic (exact) mass is 317 g/mol. The maximum Gasteiger partial charge on any atom is 0.419 e. The largest absolute Gasteiger partial charge is 0.419 e. The van der Waals surface area contributed by atoms with Crippen LogP contribution in [-0.2, 0) is 6.18 Å². The first-order valence-electron chi connectivity index (χ1n) is 5.86. The summed E-state index contributed by atoms with van der Waals surface area (Å²) in [4.78, 5) is 4.06. The van der Waals surface area contributed by atoms with Gasteiger partial charge in [-0.15, -0.1) is 11.3 Å². The summed E-state index contributed by atoms with van der Waals surface area (Å²) in [5, 5.41) is 5.98. The fourth-order valence-corrected chi connectivity index (χ4v) is 2.30. The fourth-order valence-electron chi connectivity index (χ4n) is 1.66. The molecule has 112 valence electrons. The van der Waals surface area contributed by atoms with E-state index in [4.69, 9.17) is 0 Å². The summed E-state index contributed by atoms with van der Waals surface area (Å²) in [6.45, 7) is 3.25. The minimum Gasteiger partial charge on any atom is -0.253 e. The number of hydrazone groups is 1. The second kappa shape index (κ2) is 5.80. The molecule has 0 aliphatic rings. The molecule has 0 amide bonds. The Morgan fingerprint density at radius 3 is 2.57 bits per heavy atom. The second-order valence-corrected chi connectivity index (χ2v) is 5.24. The molecule has 2 aromatic rings. The van der Waals surface area contributed by atoms with Crippen LogP contribution in [0.4, 0.5) is 22.7 Å². The highest BCUT2D eigenvalue weighted by Crippen LogP contribution is 2.33. The molecule has 0 bridgehead atoms. The lowest BCUT2D eigenvalue weighted by Crippen LogP contribution is -2.10. The number of benzene rings is 1. The van der Waals surface area contributed by atoms with E-state index >= 15 is 0 Å². The Morgan fingerprint density at radius 1 is 1.29 bits per heavy atom. The smallest absolute Gasteiger partial charge is 0.253 e. The Bertz CT molecular complexity index is 677. The number of hydrogen-bond acceptors (Lipinski definition) is 4. The number of anilines is 1. The van der Waals surface area contributed by atoms with Crippen molar-refractivity contribution in [2.45, 2.75) is 20.0 Å². The molecule has 0 saturated carbocycles. The molecular formula is C13H11F4N3S. The van der Waals surface area contributed by atoms with Gasteiger partial charge in [-0.1, -0.05) is 0 Å². The van der Waals surface area contributed by atoms with Gasteiger partial charge < -0.3 is 0 Å². The van der Waals surface area contributed by atoms with Crippen molar-refractivity contribution in [2.75, 3.05) is 5.43 Å². The van der Waals surface area contributed by atoms with Crippen molar-refractivity contribution in [1.82, 2.24) is 4.98 Å². The Labute approximate surface area is 122 Å². The van der Waals surface area contributed by atoms with E-state index in [0.29, 0.717) is 10.7 Å². The number of hydrogen-bond donors (Lipinski definition) is 1. The van der Waals surface area contributed by atoms with Crippen molar-refractivity contribution in [3.63, 3.8) is 0 Å². The van der Waals surface area contributed by atoms with Gasteiger partial charge in [-0.25, -0.2) is 9.37 Å². The van der Waals surface area contributed by atoms with Crippen molar-refractivity contribution in [1.29, 1.82) is 0 Å². The van der Waals surface area contributed by atoms with Gasteiger partial charge in [-0.2, -0.15) is 18.3 Å². The van der Waals surface area contributed by atoms with Crippen LogP contribution in [0.2, 0.25) is 0 Å². The molecular weight excluding hydrogens is 306 g/mol. The molecule has 0 aliphatic heterocycles. The van der Waals surface area contributed by atoms with Gasteiger partial charge in [-0.05, 0) is 31.5 Å². The average molecular weight is 317 g/mol. The molecule has 0 radical (unpaired) electrons. The summed E-state index contributed by atoms with van der Waals surface area (Å²) in [5.41, 5.74) is 2.11. The third-order valence-corrected chi connectivity index (χ3v) is 3.40.